The van der Waals surface area contributed by atoms with E-state index in [0.717, 1.165) is 16.8 Å². The standard InChI is InChI=1S/C11H11BrClN3S/c1-7-14-10(13)4-11(15-7)16(2)5-9-3-8(12)6-17-9/h3-4,6H,5H2,1-2H3. The highest BCUT2D eigenvalue weighted by atomic mass is 79.9. The van der Waals surface area contributed by atoms with Crippen molar-refractivity contribution in [3.05, 3.63) is 37.8 Å². The maximum Gasteiger partial charge on any atom is 0.134 e. The summed E-state index contributed by atoms with van der Waals surface area (Å²) in [6, 6.07) is 3.88. The molecule has 0 spiro atoms. The molecule has 0 atom stereocenters. The van der Waals surface area contributed by atoms with Crippen LogP contribution in [0.5, 0.6) is 0 Å². The second-order valence-electron chi connectivity index (χ2n) is 3.68. The number of aromatic nitrogens is 2. The normalized spacial score (nSPS) is 10.6. The fraction of sp³-hybridized carbons (Fsp3) is 0.273. The monoisotopic (exact) mass is 331 g/mol. The quantitative estimate of drug-likeness (QED) is 0.798. The molecule has 17 heavy (non-hydrogen) atoms. The van der Waals surface area contributed by atoms with Gasteiger partial charge in [-0.05, 0) is 28.9 Å². The highest BCUT2D eigenvalue weighted by Gasteiger charge is 2.07. The van der Waals surface area contributed by atoms with E-state index in [0.29, 0.717) is 11.0 Å². The van der Waals surface area contributed by atoms with Crippen molar-refractivity contribution in [1.29, 1.82) is 0 Å². The molecule has 0 amide bonds. The van der Waals surface area contributed by atoms with Gasteiger partial charge in [0.25, 0.3) is 0 Å². The molecule has 0 bridgehead atoms. The summed E-state index contributed by atoms with van der Waals surface area (Å²) < 4.78 is 1.11. The SMILES string of the molecule is Cc1nc(Cl)cc(N(C)Cc2cc(Br)cs2)n1. The lowest BCUT2D eigenvalue weighted by atomic mass is 10.4. The largest absolute Gasteiger partial charge is 0.354 e. The average molecular weight is 333 g/mol. The van der Waals surface area contributed by atoms with Gasteiger partial charge in [-0.25, -0.2) is 9.97 Å². The molecule has 0 saturated heterocycles. The highest BCUT2D eigenvalue weighted by molar-refractivity contribution is 9.10. The third kappa shape index (κ3) is 3.40. The molecule has 2 heterocycles. The maximum atomic E-state index is 5.92. The summed E-state index contributed by atoms with van der Waals surface area (Å²) in [6.07, 6.45) is 0. The van der Waals surface area contributed by atoms with E-state index < -0.39 is 0 Å². The predicted octanol–water partition coefficient (Wildman–Crippen LogP) is 3.90. The van der Waals surface area contributed by atoms with Crippen molar-refractivity contribution in [3.8, 4) is 0 Å². The van der Waals surface area contributed by atoms with Gasteiger partial charge in [0.1, 0.15) is 16.8 Å². The Balaban J connectivity index is 2.16. The van der Waals surface area contributed by atoms with Crippen LogP contribution in [0.15, 0.2) is 22.0 Å². The first-order valence-electron chi connectivity index (χ1n) is 5.00. The van der Waals surface area contributed by atoms with E-state index in [4.69, 9.17) is 11.6 Å². The number of rotatable bonds is 3. The molecule has 3 nitrogen and oxygen atoms in total. The molecule has 0 saturated carbocycles. The molecular weight excluding hydrogens is 322 g/mol. The molecule has 0 N–H and O–H groups in total. The first kappa shape index (κ1) is 12.8. The number of halogens is 2. The lowest BCUT2D eigenvalue weighted by molar-refractivity contribution is 0.890. The zero-order valence-corrected chi connectivity index (χ0v) is 12.6. The minimum Gasteiger partial charge on any atom is -0.354 e. The number of aryl methyl sites for hydroxylation is 1. The lowest BCUT2D eigenvalue weighted by Gasteiger charge is -2.17. The Kier molecular flexibility index (Phi) is 4.01. The van der Waals surface area contributed by atoms with Crippen LogP contribution in [0.2, 0.25) is 5.15 Å². The van der Waals surface area contributed by atoms with E-state index in [-0.39, 0.29) is 0 Å². The number of hydrogen-bond donors (Lipinski definition) is 0. The van der Waals surface area contributed by atoms with Crippen molar-refractivity contribution in [3.63, 3.8) is 0 Å². The van der Waals surface area contributed by atoms with Gasteiger partial charge in [0.15, 0.2) is 0 Å². The zero-order chi connectivity index (χ0) is 12.4. The summed E-state index contributed by atoms with van der Waals surface area (Å²) in [5.74, 6) is 1.53. The van der Waals surface area contributed by atoms with Crippen molar-refractivity contribution in [2.24, 2.45) is 0 Å². The molecule has 0 unspecified atom stereocenters. The van der Waals surface area contributed by atoms with Gasteiger partial charge in [-0.3, -0.25) is 0 Å². The fourth-order valence-corrected chi connectivity index (χ4v) is 3.19. The van der Waals surface area contributed by atoms with Gasteiger partial charge in [-0.15, -0.1) is 11.3 Å². The maximum absolute atomic E-state index is 5.92. The Morgan fingerprint density at radius 1 is 1.41 bits per heavy atom. The third-order valence-corrected chi connectivity index (χ3v) is 4.08. The molecule has 2 aromatic rings. The van der Waals surface area contributed by atoms with Gasteiger partial charge in [0.2, 0.25) is 0 Å². The van der Waals surface area contributed by atoms with E-state index in [1.165, 1.54) is 4.88 Å². The third-order valence-electron chi connectivity index (χ3n) is 2.20. The van der Waals surface area contributed by atoms with Gasteiger partial charge in [-0.2, -0.15) is 0 Å². The van der Waals surface area contributed by atoms with Crippen molar-refractivity contribution in [1.82, 2.24) is 9.97 Å². The molecule has 6 heteroatoms. The minimum absolute atomic E-state index is 0.478. The number of thiophene rings is 1. The Hall–Kier alpha value is -0.650. The smallest absolute Gasteiger partial charge is 0.134 e. The van der Waals surface area contributed by atoms with E-state index in [1.54, 1.807) is 17.4 Å². The molecule has 2 rings (SSSR count). The molecule has 0 fully saturated rings. The van der Waals surface area contributed by atoms with Crippen LogP contribution in [0.1, 0.15) is 10.7 Å². The summed E-state index contributed by atoms with van der Waals surface area (Å²) >= 11 is 11.1. The number of anilines is 1. The Morgan fingerprint density at radius 3 is 2.76 bits per heavy atom. The Labute approximate surface area is 118 Å². The summed E-state index contributed by atoms with van der Waals surface area (Å²) in [4.78, 5) is 11.7. The molecule has 90 valence electrons. The van der Waals surface area contributed by atoms with Crippen LogP contribution in [0.25, 0.3) is 0 Å². The van der Waals surface area contributed by atoms with Crippen LogP contribution in [-0.2, 0) is 6.54 Å². The lowest BCUT2D eigenvalue weighted by Crippen LogP contribution is -2.17. The van der Waals surface area contributed by atoms with Crippen LogP contribution in [0, 0.1) is 6.92 Å². The Bertz CT molecular complexity index is 509. The van der Waals surface area contributed by atoms with E-state index in [9.17, 15) is 0 Å². The predicted molar refractivity (Wildman–Crippen MR) is 75.9 cm³/mol. The second kappa shape index (κ2) is 5.33. The van der Waals surface area contributed by atoms with Crippen LogP contribution < -0.4 is 4.90 Å². The van der Waals surface area contributed by atoms with E-state index in [1.807, 2.05) is 14.0 Å². The van der Waals surface area contributed by atoms with Crippen molar-refractivity contribution < 1.29 is 0 Å². The summed E-state index contributed by atoms with van der Waals surface area (Å²) in [7, 11) is 1.99. The van der Waals surface area contributed by atoms with Crippen LogP contribution in [0.3, 0.4) is 0 Å². The van der Waals surface area contributed by atoms with Gasteiger partial charge >= 0.3 is 0 Å². The number of hydrogen-bond acceptors (Lipinski definition) is 4. The molecule has 0 radical (unpaired) electrons. The molecule has 0 aromatic carbocycles. The highest BCUT2D eigenvalue weighted by Crippen LogP contribution is 2.23. The summed E-state index contributed by atoms with van der Waals surface area (Å²) in [5.41, 5.74) is 0. The van der Waals surface area contributed by atoms with Crippen molar-refractivity contribution in [2.75, 3.05) is 11.9 Å². The summed E-state index contributed by atoms with van der Waals surface area (Å²) in [6.45, 7) is 2.65. The van der Waals surface area contributed by atoms with Crippen LogP contribution >= 0.6 is 38.9 Å². The van der Waals surface area contributed by atoms with Crippen LogP contribution in [-0.4, -0.2) is 17.0 Å². The first-order chi connectivity index (χ1) is 8.04. The molecule has 2 aromatic heterocycles. The van der Waals surface area contributed by atoms with Gasteiger partial charge in [-0.1, -0.05) is 11.6 Å². The van der Waals surface area contributed by atoms with Gasteiger partial charge in [0, 0.05) is 27.8 Å². The van der Waals surface area contributed by atoms with E-state index >= 15 is 0 Å². The number of nitrogens with zero attached hydrogens (tertiary/aromatic N) is 3. The van der Waals surface area contributed by atoms with Crippen molar-refractivity contribution >= 4 is 44.7 Å². The molecule has 0 aliphatic heterocycles. The minimum atomic E-state index is 0.478. The topological polar surface area (TPSA) is 29.0 Å². The molecule has 0 aliphatic carbocycles. The molecular formula is C11H11BrClN3S. The average Bonchev–Trinajstić information content (AvgIpc) is 2.62. The summed E-state index contributed by atoms with van der Waals surface area (Å²) in [5, 5.41) is 2.55. The Morgan fingerprint density at radius 2 is 2.18 bits per heavy atom. The zero-order valence-electron chi connectivity index (χ0n) is 9.44. The second-order valence-corrected chi connectivity index (χ2v) is 5.98. The van der Waals surface area contributed by atoms with E-state index in [2.05, 4.69) is 42.2 Å². The fourth-order valence-electron chi connectivity index (χ4n) is 1.46. The van der Waals surface area contributed by atoms with Crippen molar-refractivity contribution in [2.45, 2.75) is 13.5 Å². The van der Waals surface area contributed by atoms with Gasteiger partial charge < -0.3 is 4.90 Å². The molecule has 0 aliphatic rings. The first-order valence-corrected chi connectivity index (χ1v) is 7.05. The van der Waals surface area contributed by atoms with Crippen LogP contribution in [0.4, 0.5) is 5.82 Å². The van der Waals surface area contributed by atoms with Gasteiger partial charge in [0.05, 0.1) is 6.54 Å².